The van der Waals surface area contributed by atoms with Crippen molar-refractivity contribution in [2.24, 2.45) is 5.73 Å². The van der Waals surface area contributed by atoms with E-state index in [2.05, 4.69) is 34.5 Å². The van der Waals surface area contributed by atoms with Crippen molar-refractivity contribution in [3.63, 3.8) is 0 Å². The van der Waals surface area contributed by atoms with Gasteiger partial charge < -0.3 is 11.1 Å². The predicted octanol–water partition coefficient (Wildman–Crippen LogP) is 1.60. The Hall–Kier alpha value is -1.39. The lowest BCUT2D eigenvalue weighted by Crippen LogP contribution is -2.45. The molecule has 114 valence electrons. The van der Waals surface area contributed by atoms with Crippen LogP contribution in [0.4, 0.5) is 0 Å². The summed E-state index contributed by atoms with van der Waals surface area (Å²) in [4.78, 5) is 13.1. The molecule has 1 aromatic carbocycles. The summed E-state index contributed by atoms with van der Waals surface area (Å²) in [5.74, 6) is 0.584. The lowest BCUT2D eigenvalue weighted by atomic mass is 10.0. The van der Waals surface area contributed by atoms with Gasteiger partial charge in [0.1, 0.15) is 0 Å². The lowest BCUT2D eigenvalue weighted by Gasteiger charge is -2.31. The SMILES string of the molecule is NC(=O)CN1CCC(NCc2ccccc2C2CC2)CC1. The number of likely N-dealkylation sites (tertiary alicyclic amines) is 1. The van der Waals surface area contributed by atoms with Crippen LogP contribution in [0.1, 0.15) is 42.7 Å². The zero-order valence-corrected chi connectivity index (χ0v) is 12.6. The summed E-state index contributed by atoms with van der Waals surface area (Å²) in [6.07, 6.45) is 4.89. The Morgan fingerprint density at radius 1 is 1.19 bits per heavy atom. The molecular weight excluding hydrogens is 262 g/mol. The van der Waals surface area contributed by atoms with Crippen molar-refractivity contribution in [3.05, 3.63) is 35.4 Å². The summed E-state index contributed by atoms with van der Waals surface area (Å²) < 4.78 is 0. The Balaban J connectivity index is 1.47. The Morgan fingerprint density at radius 2 is 1.90 bits per heavy atom. The second kappa shape index (κ2) is 6.58. The first-order valence-electron chi connectivity index (χ1n) is 8.04. The van der Waals surface area contributed by atoms with Gasteiger partial charge in [0.2, 0.25) is 5.91 Å². The van der Waals surface area contributed by atoms with Crippen LogP contribution >= 0.6 is 0 Å². The third-order valence-corrected chi connectivity index (χ3v) is 4.62. The number of carbonyl (C=O) groups excluding carboxylic acids is 1. The molecule has 1 saturated carbocycles. The van der Waals surface area contributed by atoms with E-state index in [9.17, 15) is 4.79 Å². The maximum Gasteiger partial charge on any atom is 0.231 e. The van der Waals surface area contributed by atoms with Crippen LogP contribution < -0.4 is 11.1 Å². The predicted molar refractivity (Wildman–Crippen MR) is 83.9 cm³/mol. The number of rotatable bonds is 6. The van der Waals surface area contributed by atoms with E-state index in [-0.39, 0.29) is 5.91 Å². The molecule has 2 aliphatic rings. The van der Waals surface area contributed by atoms with Crippen molar-refractivity contribution in [3.8, 4) is 0 Å². The fourth-order valence-electron chi connectivity index (χ4n) is 3.26. The highest BCUT2D eigenvalue weighted by Gasteiger charge is 2.26. The van der Waals surface area contributed by atoms with Crippen molar-refractivity contribution in [2.45, 2.75) is 44.2 Å². The van der Waals surface area contributed by atoms with Crippen LogP contribution in [0, 0.1) is 0 Å². The van der Waals surface area contributed by atoms with E-state index in [1.165, 1.54) is 24.0 Å². The molecule has 0 atom stereocenters. The smallest absolute Gasteiger partial charge is 0.231 e. The molecule has 1 saturated heterocycles. The molecule has 1 amide bonds. The summed E-state index contributed by atoms with van der Waals surface area (Å²) in [6, 6.07) is 9.38. The minimum absolute atomic E-state index is 0.222. The van der Waals surface area contributed by atoms with Gasteiger partial charge in [-0.3, -0.25) is 9.69 Å². The third-order valence-electron chi connectivity index (χ3n) is 4.62. The minimum atomic E-state index is -0.222. The molecule has 0 spiro atoms. The van der Waals surface area contributed by atoms with Crippen molar-refractivity contribution >= 4 is 5.91 Å². The van der Waals surface area contributed by atoms with Crippen LogP contribution in [0.5, 0.6) is 0 Å². The number of amides is 1. The minimum Gasteiger partial charge on any atom is -0.369 e. The number of nitrogens with one attached hydrogen (secondary N) is 1. The van der Waals surface area contributed by atoms with E-state index in [4.69, 9.17) is 5.73 Å². The molecule has 0 unspecified atom stereocenters. The second-order valence-electron chi connectivity index (χ2n) is 6.37. The van der Waals surface area contributed by atoms with Gasteiger partial charge in [0, 0.05) is 25.7 Å². The lowest BCUT2D eigenvalue weighted by molar-refractivity contribution is -0.119. The zero-order chi connectivity index (χ0) is 14.7. The largest absolute Gasteiger partial charge is 0.369 e. The van der Waals surface area contributed by atoms with Gasteiger partial charge in [-0.2, -0.15) is 0 Å². The second-order valence-corrected chi connectivity index (χ2v) is 6.37. The van der Waals surface area contributed by atoms with Gasteiger partial charge in [-0.25, -0.2) is 0 Å². The highest BCUT2D eigenvalue weighted by molar-refractivity contribution is 5.75. The zero-order valence-electron chi connectivity index (χ0n) is 12.6. The normalized spacial score (nSPS) is 20.6. The number of nitrogens with zero attached hydrogens (tertiary/aromatic N) is 1. The molecule has 2 fully saturated rings. The Bertz CT molecular complexity index is 491. The average Bonchev–Trinajstić information content (AvgIpc) is 3.31. The highest BCUT2D eigenvalue weighted by Crippen LogP contribution is 2.41. The maximum atomic E-state index is 10.9. The van der Waals surface area contributed by atoms with Gasteiger partial charge in [0.25, 0.3) is 0 Å². The maximum absolute atomic E-state index is 10.9. The Labute approximate surface area is 126 Å². The van der Waals surface area contributed by atoms with Gasteiger partial charge in [0.05, 0.1) is 6.54 Å². The van der Waals surface area contributed by atoms with Crippen molar-refractivity contribution in [2.75, 3.05) is 19.6 Å². The van der Waals surface area contributed by atoms with Crippen molar-refractivity contribution in [1.82, 2.24) is 10.2 Å². The topological polar surface area (TPSA) is 58.4 Å². The fraction of sp³-hybridized carbons (Fsp3) is 0.588. The van der Waals surface area contributed by atoms with Crippen LogP contribution in [0.25, 0.3) is 0 Å². The van der Waals surface area contributed by atoms with E-state index in [0.717, 1.165) is 38.4 Å². The number of hydrogen-bond donors (Lipinski definition) is 2. The monoisotopic (exact) mass is 287 g/mol. The molecule has 21 heavy (non-hydrogen) atoms. The standard InChI is InChI=1S/C17H25N3O/c18-17(21)12-20-9-7-15(8-10-20)19-11-14-3-1-2-4-16(14)13-5-6-13/h1-4,13,15,19H,5-12H2,(H2,18,21). The number of benzene rings is 1. The first kappa shape index (κ1) is 14.5. The van der Waals surface area contributed by atoms with Gasteiger partial charge in [0.15, 0.2) is 0 Å². The van der Waals surface area contributed by atoms with Gasteiger partial charge in [-0.15, -0.1) is 0 Å². The fourth-order valence-corrected chi connectivity index (χ4v) is 3.26. The highest BCUT2D eigenvalue weighted by atomic mass is 16.1. The molecular formula is C17H25N3O. The molecule has 3 N–H and O–H groups in total. The van der Waals surface area contributed by atoms with Crippen LogP contribution in [0.15, 0.2) is 24.3 Å². The van der Waals surface area contributed by atoms with Gasteiger partial charge in [-0.1, -0.05) is 24.3 Å². The first-order valence-corrected chi connectivity index (χ1v) is 8.04. The third kappa shape index (κ3) is 4.05. The van der Waals surface area contributed by atoms with Crippen LogP contribution in [0.2, 0.25) is 0 Å². The summed E-state index contributed by atoms with van der Waals surface area (Å²) in [6.45, 7) is 3.29. The molecule has 1 aliphatic heterocycles. The Morgan fingerprint density at radius 3 is 2.57 bits per heavy atom. The molecule has 4 heteroatoms. The number of hydrogen-bond acceptors (Lipinski definition) is 3. The van der Waals surface area contributed by atoms with Crippen molar-refractivity contribution in [1.29, 1.82) is 0 Å². The Kier molecular flexibility index (Phi) is 4.56. The summed E-state index contributed by atoms with van der Waals surface area (Å²) in [7, 11) is 0. The van der Waals surface area contributed by atoms with E-state index in [1.807, 2.05) is 0 Å². The van der Waals surface area contributed by atoms with E-state index in [0.29, 0.717) is 12.6 Å². The van der Waals surface area contributed by atoms with Gasteiger partial charge in [-0.05, 0) is 42.7 Å². The quantitative estimate of drug-likeness (QED) is 0.835. The number of nitrogens with two attached hydrogens (primary N) is 1. The molecule has 1 aromatic rings. The van der Waals surface area contributed by atoms with Crippen LogP contribution in [0.3, 0.4) is 0 Å². The van der Waals surface area contributed by atoms with Crippen LogP contribution in [-0.2, 0) is 11.3 Å². The summed E-state index contributed by atoms with van der Waals surface area (Å²) in [5, 5.41) is 3.69. The molecule has 0 radical (unpaired) electrons. The molecule has 3 rings (SSSR count). The number of carbonyl (C=O) groups is 1. The van der Waals surface area contributed by atoms with Crippen LogP contribution in [-0.4, -0.2) is 36.5 Å². The first-order chi connectivity index (χ1) is 10.2. The van der Waals surface area contributed by atoms with Crippen molar-refractivity contribution < 1.29 is 4.79 Å². The molecule has 1 aliphatic carbocycles. The van der Waals surface area contributed by atoms with E-state index in [1.54, 1.807) is 0 Å². The summed E-state index contributed by atoms with van der Waals surface area (Å²) >= 11 is 0. The van der Waals surface area contributed by atoms with E-state index >= 15 is 0 Å². The molecule has 1 heterocycles. The van der Waals surface area contributed by atoms with E-state index < -0.39 is 0 Å². The molecule has 4 nitrogen and oxygen atoms in total. The summed E-state index contributed by atoms with van der Waals surface area (Å²) in [5.41, 5.74) is 8.24. The van der Waals surface area contributed by atoms with Gasteiger partial charge >= 0.3 is 0 Å². The number of primary amides is 1. The molecule has 0 aromatic heterocycles. The molecule has 0 bridgehead atoms. The average molecular weight is 287 g/mol. The number of piperidine rings is 1.